The summed E-state index contributed by atoms with van der Waals surface area (Å²) < 4.78 is 20.8. The van der Waals surface area contributed by atoms with Crippen LogP contribution < -0.4 is 14.8 Å². The molecule has 8 heteroatoms. The second kappa shape index (κ2) is 10.8. The number of carbonyl (C=O) groups is 2. The van der Waals surface area contributed by atoms with Crippen molar-refractivity contribution in [1.29, 1.82) is 0 Å². The molecule has 0 saturated carbocycles. The molecular formula is C20H23NO7. The topological polar surface area (TPSA) is 103 Å². The Bertz CT molecular complexity index is 779. The van der Waals surface area contributed by atoms with Crippen molar-refractivity contribution in [1.82, 2.24) is 5.32 Å². The first-order valence-electron chi connectivity index (χ1n) is 8.52. The highest BCUT2D eigenvalue weighted by Gasteiger charge is 2.21. The monoisotopic (exact) mass is 389 g/mol. The fourth-order valence-corrected chi connectivity index (χ4v) is 2.37. The molecule has 8 nitrogen and oxygen atoms in total. The minimum atomic E-state index is -1.23. The summed E-state index contributed by atoms with van der Waals surface area (Å²) in [5.74, 6) is -0.115. The van der Waals surface area contributed by atoms with E-state index in [-0.39, 0.29) is 19.8 Å². The van der Waals surface area contributed by atoms with Crippen LogP contribution in [0.4, 0.5) is 4.79 Å². The van der Waals surface area contributed by atoms with Crippen LogP contribution in [0.25, 0.3) is 0 Å². The Labute approximate surface area is 163 Å². The largest absolute Gasteiger partial charge is 0.497 e. The summed E-state index contributed by atoms with van der Waals surface area (Å²) in [5, 5.41) is 11.5. The van der Waals surface area contributed by atoms with E-state index in [0.717, 1.165) is 5.56 Å². The van der Waals surface area contributed by atoms with Gasteiger partial charge in [0.1, 0.15) is 18.1 Å². The van der Waals surface area contributed by atoms with Crippen LogP contribution in [0.2, 0.25) is 0 Å². The average molecular weight is 389 g/mol. The molecule has 2 aromatic carbocycles. The number of hydrogen-bond donors (Lipinski definition) is 2. The predicted octanol–water partition coefficient (Wildman–Crippen LogP) is 2.60. The number of ether oxygens (including phenoxy) is 4. The second-order valence-corrected chi connectivity index (χ2v) is 5.79. The van der Waals surface area contributed by atoms with Gasteiger partial charge in [-0.25, -0.2) is 9.59 Å². The Morgan fingerprint density at radius 3 is 2.43 bits per heavy atom. The normalized spacial score (nSPS) is 11.4. The molecule has 0 spiro atoms. The van der Waals surface area contributed by atoms with E-state index >= 15 is 0 Å². The molecule has 0 saturated heterocycles. The molecule has 2 N–H and O–H groups in total. The van der Waals surface area contributed by atoms with Crippen molar-refractivity contribution < 1.29 is 33.6 Å². The summed E-state index contributed by atoms with van der Waals surface area (Å²) in [5.41, 5.74) is 1.49. The summed E-state index contributed by atoms with van der Waals surface area (Å²) in [4.78, 5) is 23.3. The molecule has 0 bridgehead atoms. The van der Waals surface area contributed by atoms with Gasteiger partial charge >= 0.3 is 12.1 Å². The lowest BCUT2D eigenvalue weighted by Gasteiger charge is -2.16. The van der Waals surface area contributed by atoms with E-state index in [1.165, 1.54) is 14.2 Å². The zero-order chi connectivity index (χ0) is 20.4. The fourth-order valence-electron chi connectivity index (χ4n) is 2.37. The lowest BCUT2D eigenvalue weighted by molar-refractivity contribution is -0.141. The van der Waals surface area contributed by atoms with E-state index in [0.29, 0.717) is 17.1 Å². The summed E-state index contributed by atoms with van der Waals surface area (Å²) in [6.07, 6.45) is -0.874. The van der Waals surface area contributed by atoms with Gasteiger partial charge in [0.2, 0.25) is 0 Å². The van der Waals surface area contributed by atoms with Crippen molar-refractivity contribution in [2.75, 3.05) is 20.8 Å². The Kier molecular flexibility index (Phi) is 8.11. The number of alkyl carbamates (subject to hydrolysis) is 1. The van der Waals surface area contributed by atoms with Gasteiger partial charge in [0, 0.05) is 5.56 Å². The molecular weight excluding hydrogens is 366 g/mol. The number of methoxy groups -OCH3 is 2. The molecule has 0 aliphatic rings. The van der Waals surface area contributed by atoms with E-state index < -0.39 is 18.1 Å². The Morgan fingerprint density at radius 2 is 1.79 bits per heavy atom. The Hall–Kier alpha value is -3.26. The number of carbonyl (C=O) groups excluding carboxylic acids is 1. The number of aliphatic carboxylic acids is 1. The number of nitrogens with one attached hydrogen (secondary N) is 1. The van der Waals surface area contributed by atoms with Gasteiger partial charge in [-0.2, -0.15) is 0 Å². The van der Waals surface area contributed by atoms with E-state index in [9.17, 15) is 14.7 Å². The predicted molar refractivity (Wildman–Crippen MR) is 100 cm³/mol. The van der Waals surface area contributed by atoms with Crippen molar-refractivity contribution in [3.63, 3.8) is 0 Å². The van der Waals surface area contributed by atoms with Crippen molar-refractivity contribution >= 4 is 12.1 Å². The third-order valence-electron chi connectivity index (χ3n) is 3.83. The van der Waals surface area contributed by atoms with E-state index in [1.54, 1.807) is 18.2 Å². The molecule has 1 amide bonds. The van der Waals surface area contributed by atoms with Crippen LogP contribution in [0.15, 0.2) is 48.5 Å². The zero-order valence-electron chi connectivity index (χ0n) is 15.7. The third-order valence-corrected chi connectivity index (χ3v) is 3.83. The van der Waals surface area contributed by atoms with Crippen molar-refractivity contribution in [2.45, 2.75) is 19.3 Å². The molecule has 2 aromatic rings. The minimum Gasteiger partial charge on any atom is -0.497 e. The van der Waals surface area contributed by atoms with Crippen LogP contribution in [0, 0.1) is 0 Å². The lowest BCUT2D eigenvalue weighted by Crippen LogP contribution is -2.44. The van der Waals surface area contributed by atoms with Gasteiger partial charge in [0.15, 0.2) is 6.04 Å². The first-order chi connectivity index (χ1) is 13.5. The maximum Gasteiger partial charge on any atom is 0.408 e. The van der Waals surface area contributed by atoms with Gasteiger partial charge in [-0.05, 0) is 23.8 Å². The second-order valence-electron chi connectivity index (χ2n) is 5.79. The molecule has 0 radical (unpaired) electrons. The van der Waals surface area contributed by atoms with Gasteiger partial charge in [0.25, 0.3) is 0 Å². The van der Waals surface area contributed by atoms with Crippen molar-refractivity contribution in [3.05, 3.63) is 59.7 Å². The van der Waals surface area contributed by atoms with Crippen molar-refractivity contribution in [3.8, 4) is 11.5 Å². The molecule has 1 unspecified atom stereocenters. The number of benzene rings is 2. The van der Waals surface area contributed by atoms with E-state index in [4.69, 9.17) is 18.9 Å². The SMILES string of the molecule is COc1ccc(OC)c(COC(=O)NC(COCc2ccccc2)C(=O)O)c1. The standard InChI is InChI=1S/C20H23NO7/c1-25-16-8-9-18(26-2)15(10-16)12-28-20(24)21-17(19(22)23)13-27-11-14-6-4-3-5-7-14/h3-10,17H,11-13H2,1-2H3,(H,21,24)(H,22,23). The number of carboxylic acid groups (broad SMARTS) is 1. The highest BCUT2D eigenvalue weighted by atomic mass is 16.6. The molecule has 0 heterocycles. The molecule has 150 valence electrons. The summed E-state index contributed by atoms with van der Waals surface area (Å²) >= 11 is 0. The van der Waals surface area contributed by atoms with Crippen LogP contribution in [-0.2, 0) is 27.5 Å². The molecule has 0 fully saturated rings. The summed E-state index contributed by atoms with van der Waals surface area (Å²) in [7, 11) is 3.02. The minimum absolute atomic E-state index is 0.108. The maximum absolute atomic E-state index is 12.0. The van der Waals surface area contributed by atoms with Crippen molar-refractivity contribution in [2.24, 2.45) is 0 Å². The van der Waals surface area contributed by atoms with Gasteiger partial charge < -0.3 is 29.4 Å². The lowest BCUT2D eigenvalue weighted by atomic mass is 10.2. The molecule has 1 atom stereocenters. The average Bonchev–Trinajstić information content (AvgIpc) is 2.71. The van der Waals surface area contributed by atoms with E-state index in [1.807, 2.05) is 30.3 Å². The first-order valence-corrected chi connectivity index (χ1v) is 8.52. The quantitative estimate of drug-likeness (QED) is 0.644. The fraction of sp³-hybridized carbons (Fsp3) is 0.300. The first kappa shape index (κ1) is 21.0. The molecule has 28 heavy (non-hydrogen) atoms. The summed E-state index contributed by atoms with van der Waals surface area (Å²) in [6.45, 7) is -0.0619. The highest BCUT2D eigenvalue weighted by molar-refractivity contribution is 5.80. The zero-order valence-corrected chi connectivity index (χ0v) is 15.7. The maximum atomic E-state index is 12.0. The summed E-state index contributed by atoms with van der Waals surface area (Å²) in [6, 6.07) is 13.1. The highest BCUT2D eigenvalue weighted by Crippen LogP contribution is 2.24. The number of rotatable bonds is 10. The number of hydrogen-bond acceptors (Lipinski definition) is 6. The van der Waals surface area contributed by atoms with Gasteiger partial charge in [0.05, 0.1) is 27.4 Å². The molecule has 0 aliphatic heterocycles. The van der Waals surface area contributed by atoms with Gasteiger partial charge in [-0.15, -0.1) is 0 Å². The van der Waals surface area contributed by atoms with Crippen LogP contribution in [-0.4, -0.2) is 44.0 Å². The van der Waals surface area contributed by atoms with Crippen LogP contribution in [0.1, 0.15) is 11.1 Å². The van der Waals surface area contributed by atoms with Gasteiger partial charge in [-0.1, -0.05) is 30.3 Å². The molecule has 0 aliphatic carbocycles. The smallest absolute Gasteiger partial charge is 0.408 e. The van der Waals surface area contributed by atoms with E-state index in [2.05, 4.69) is 5.32 Å². The Balaban J connectivity index is 1.86. The molecule has 2 rings (SSSR count). The van der Waals surface area contributed by atoms with Crippen LogP contribution in [0.3, 0.4) is 0 Å². The third kappa shape index (κ3) is 6.48. The van der Waals surface area contributed by atoms with Crippen LogP contribution in [0.5, 0.6) is 11.5 Å². The number of carboxylic acids is 1. The Morgan fingerprint density at radius 1 is 1.04 bits per heavy atom. The molecule has 0 aromatic heterocycles. The van der Waals surface area contributed by atoms with Gasteiger partial charge in [-0.3, -0.25) is 0 Å². The van der Waals surface area contributed by atoms with Crippen LogP contribution >= 0.6 is 0 Å². The number of amides is 1.